The van der Waals surface area contributed by atoms with Crippen LogP contribution < -0.4 is 9.64 Å². The van der Waals surface area contributed by atoms with Crippen LogP contribution in [0.25, 0.3) is 11.3 Å². The number of amides is 1. The molecule has 0 atom stereocenters. The summed E-state index contributed by atoms with van der Waals surface area (Å²) in [5, 5.41) is 9.22. The monoisotopic (exact) mass is 557 g/mol. The van der Waals surface area contributed by atoms with Gasteiger partial charge in [-0.05, 0) is 55.0 Å². The number of carbonyl (C=O) groups is 1. The zero-order valence-electron chi connectivity index (χ0n) is 21.6. The first-order valence-corrected chi connectivity index (χ1v) is 14.4. The molecule has 4 rings (SSSR count). The van der Waals surface area contributed by atoms with Crippen molar-refractivity contribution in [2.45, 2.75) is 24.7 Å². The minimum atomic E-state index is -3.82. The van der Waals surface area contributed by atoms with Crippen LogP contribution in [0.5, 0.6) is 5.75 Å². The highest BCUT2D eigenvalue weighted by molar-refractivity contribution is 7.89. The van der Waals surface area contributed by atoms with Crippen molar-refractivity contribution in [3.63, 3.8) is 0 Å². The van der Waals surface area contributed by atoms with E-state index in [2.05, 4.69) is 15.1 Å². The molecule has 1 aliphatic heterocycles. The molecule has 0 bridgehead atoms. The molecule has 0 N–H and O–H groups in total. The van der Waals surface area contributed by atoms with E-state index in [0.717, 1.165) is 29.2 Å². The molecule has 0 aliphatic carbocycles. The number of halogens is 1. The molecule has 1 saturated heterocycles. The van der Waals surface area contributed by atoms with E-state index in [4.69, 9.17) is 16.3 Å². The molecular formula is C27H32ClN5O4S. The Labute approximate surface area is 229 Å². The molecule has 0 spiro atoms. The first kappa shape index (κ1) is 27.8. The fourth-order valence-corrected chi connectivity index (χ4v) is 5.79. The number of aromatic nitrogens is 2. The summed E-state index contributed by atoms with van der Waals surface area (Å²) < 4.78 is 33.1. The van der Waals surface area contributed by atoms with Crippen molar-refractivity contribution in [2.24, 2.45) is 0 Å². The van der Waals surface area contributed by atoms with Crippen molar-refractivity contribution >= 4 is 33.3 Å². The number of carbonyl (C=O) groups excluding carboxylic acids is 1. The van der Waals surface area contributed by atoms with Crippen molar-refractivity contribution < 1.29 is 17.9 Å². The maximum Gasteiger partial charge on any atom is 0.243 e. The number of ether oxygens (including phenoxy) is 1. The highest BCUT2D eigenvalue weighted by atomic mass is 35.5. The topological polar surface area (TPSA) is 95.9 Å². The van der Waals surface area contributed by atoms with E-state index in [9.17, 15) is 13.2 Å². The lowest BCUT2D eigenvalue weighted by Crippen LogP contribution is -2.52. The van der Waals surface area contributed by atoms with E-state index in [1.54, 1.807) is 24.1 Å². The molecule has 1 amide bonds. The van der Waals surface area contributed by atoms with Gasteiger partial charge in [-0.2, -0.15) is 4.31 Å². The molecule has 1 aliphatic rings. The van der Waals surface area contributed by atoms with Gasteiger partial charge in [-0.1, -0.05) is 37.1 Å². The Kier molecular flexibility index (Phi) is 9.19. The molecular weight excluding hydrogens is 526 g/mol. The van der Waals surface area contributed by atoms with Crippen LogP contribution in [-0.2, 0) is 14.8 Å². The van der Waals surface area contributed by atoms with E-state index in [0.29, 0.717) is 37.6 Å². The van der Waals surface area contributed by atoms with Gasteiger partial charge in [-0.15, -0.1) is 10.2 Å². The van der Waals surface area contributed by atoms with Crippen LogP contribution in [0, 0.1) is 0 Å². The average molecular weight is 558 g/mol. The highest BCUT2D eigenvalue weighted by Crippen LogP contribution is 2.24. The van der Waals surface area contributed by atoms with Gasteiger partial charge in [0.15, 0.2) is 5.82 Å². The first-order valence-electron chi connectivity index (χ1n) is 12.6. The Morgan fingerprint density at radius 1 is 1.03 bits per heavy atom. The predicted octanol–water partition coefficient (Wildman–Crippen LogP) is 3.95. The fourth-order valence-electron chi connectivity index (χ4n) is 4.24. The third-order valence-electron chi connectivity index (χ3n) is 6.50. The van der Waals surface area contributed by atoms with Crippen LogP contribution in [0.4, 0.5) is 5.82 Å². The van der Waals surface area contributed by atoms with Crippen molar-refractivity contribution in [1.82, 2.24) is 19.4 Å². The van der Waals surface area contributed by atoms with Gasteiger partial charge in [0.2, 0.25) is 15.9 Å². The number of piperazine rings is 1. The Bertz CT molecular complexity index is 1330. The minimum absolute atomic E-state index is 0.131. The second kappa shape index (κ2) is 12.6. The zero-order valence-corrected chi connectivity index (χ0v) is 23.2. The van der Waals surface area contributed by atoms with Crippen molar-refractivity contribution in [1.29, 1.82) is 0 Å². The number of benzene rings is 2. The van der Waals surface area contributed by atoms with Gasteiger partial charge in [0.1, 0.15) is 5.75 Å². The molecule has 1 aromatic heterocycles. The number of hydrogen-bond donors (Lipinski definition) is 0. The first-order chi connectivity index (χ1) is 18.3. The van der Waals surface area contributed by atoms with Gasteiger partial charge in [0.05, 0.1) is 24.2 Å². The van der Waals surface area contributed by atoms with Crippen molar-refractivity contribution in [3.05, 3.63) is 65.7 Å². The maximum absolute atomic E-state index is 13.3. The molecule has 11 heteroatoms. The summed E-state index contributed by atoms with van der Waals surface area (Å²) >= 11 is 5.93. The Morgan fingerprint density at radius 3 is 2.39 bits per heavy atom. The van der Waals surface area contributed by atoms with Crippen LogP contribution in [0.2, 0.25) is 5.02 Å². The molecule has 0 unspecified atom stereocenters. The van der Waals surface area contributed by atoms with E-state index < -0.39 is 10.0 Å². The van der Waals surface area contributed by atoms with Gasteiger partial charge in [0.25, 0.3) is 0 Å². The molecule has 202 valence electrons. The average Bonchev–Trinajstić information content (AvgIpc) is 2.95. The van der Waals surface area contributed by atoms with E-state index in [-0.39, 0.29) is 23.9 Å². The van der Waals surface area contributed by atoms with Crippen LogP contribution in [0.15, 0.2) is 65.6 Å². The number of rotatable bonds is 10. The lowest BCUT2D eigenvalue weighted by Gasteiger charge is -2.36. The SMILES string of the molecule is CCCCN(CC(=O)N1CCN(c2ccc(-c3cccc(OC)c3)nn2)CC1)S(=O)(=O)c1ccc(Cl)cc1. The van der Waals surface area contributed by atoms with Crippen molar-refractivity contribution in [2.75, 3.05) is 51.3 Å². The number of sulfonamides is 1. The number of methoxy groups -OCH3 is 1. The Morgan fingerprint density at radius 2 is 1.76 bits per heavy atom. The van der Waals surface area contributed by atoms with E-state index in [1.807, 2.05) is 43.3 Å². The summed E-state index contributed by atoms with van der Waals surface area (Å²) in [4.78, 5) is 17.1. The Hall–Kier alpha value is -3.21. The minimum Gasteiger partial charge on any atom is -0.497 e. The molecule has 9 nitrogen and oxygen atoms in total. The number of hydrogen-bond acceptors (Lipinski definition) is 7. The summed E-state index contributed by atoms with van der Waals surface area (Å²) in [5.74, 6) is 1.28. The molecule has 3 aromatic rings. The molecule has 2 heterocycles. The number of unbranched alkanes of at least 4 members (excludes halogenated alkanes) is 1. The third-order valence-corrected chi connectivity index (χ3v) is 8.61. The summed E-state index contributed by atoms with van der Waals surface area (Å²) in [5.41, 5.74) is 1.66. The standard InChI is InChI=1S/C27H32ClN5O4S/c1-3-4-14-33(38(35,36)24-10-8-22(28)9-11-24)20-27(34)32-17-15-31(16-18-32)26-13-12-25(29-30-26)21-6-5-7-23(19-21)37-2/h5-13,19H,3-4,14-18,20H2,1-2H3. The molecule has 2 aromatic carbocycles. The summed E-state index contributed by atoms with van der Waals surface area (Å²) in [6.07, 6.45) is 1.48. The smallest absolute Gasteiger partial charge is 0.243 e. The second-order valence-electron chi connectivity index (χ2n) is 9.02. The summed E-state index contributed by atoms with van der Waals surface area (Å²) in [6.45, 7) is 4.18. The van der Waals surface area contributed by atoms with Gasteiger partial charge in [0, 0.05) is 43.3 Å². The summed E-state index contributed by atoms with van der Waals surface area (Å²) in [7, 11) is -2.19. The molecule has 38 heavy (non-hydrogen) atoms. The zero-order chi connectivity index (χ0) is 27.1. The third kappa shape index (κ3) is 6.61. The largest absolute Gasteiger partial charge is 0.497 e. The highest BCUT2D eigenvalue weighted by Gasteiger charge is 2.29. The van der Waals surface area contributed by atoms with Gasteiger partial charge in [-0.25, -0.2) is 8.42 Å². The van der Waals surface area contributed by atoms with Gasteiger partial charge in [-0.3, -0.25) is 4.79 Å². The normalized spacial score (nSPS) is 14.1. The fraction of sp³-hybridized carbons (Fsp3) is 0.370. The lowest BCUT2D eigenvalue weighted by molar-refractivity contribution is -0.131. The van der Waals surface area contributed by atoms with Crippen LogP contribution in [0.1, 0.15) is 19.8 Å². The second-order valence-corrected chi connectivity index (χ2v) is 11.4. The quantitative estimate of drug-likeness (QED) is 0.372. The van der Waals surface area contributed by atoms with Crippen LogP contribution in [0.3, 0.4) is 0 Å². The molecule has 0 radical (unpaired) electrons. The van der Waals surface area contributed by atoms with E-state index >= 15 is 0 Å². The van der Waals surface area contributed by atoms with Crippen molar-refractivity contribution in [3.8, 4) is 17.0 Å². The lowest BCUT2D eigenvalue weighted by atomic mass is 10.1. The Balaban J connectivity index is 1.37. The van der Waals surface area contributed by atoms with Crippen LogP contribution in [-0.4, -0.2) is 80.1 Å². The molecule has 1 fully saturated rings. The van der Waals surface area contributed by atoms with Gasteiger partial charge < -0.3 is 14.5 Å². The predicted molar refractivity (Wildman–Crippen MR) is 148 cm³/mol. The maximum atomic E-state index is 13.3. The van der Waals surface area contributed by atoms with Gasteiger partial charge >= 0.3 is 0 Å². The molecule has 0 saturated carbocycles. The van der Waals surface area contributed by atoms with Crippen LogP contribution >= 0.6 is 11.6 Å². The number of anilines is 1. The number of nitrogens with zero attached hydrogens (tertiary/aromatic N) is 5. The van der Waals surface area contributed by atoms with E-state index in [1.165, 1.54) is 16.4 Å². The summed E-state index contributed by atoms with van der Waals surface area (Å²) in [6, 6.07) is 17.5.